The maximum Gasteiger partial charge on any atom is 0.337 e. The van der Waals surface area contributed by atoms with Gasteiger partial charge in [0, 0.05) is 5.56 Å². The van der Waals surface area contributed by atoms with Crippen molar-refractivity contribution in [3.05, 3.63) is 90.0 Å². The van der Waals surface area contributed by atoms with Crippen molar-refractivity contribution in [1.82, 2.24) is 0 Å². The lowest BCUT2D eigenvalue weighted by Gasteiger charge is -2.22. The van der Waals surface area contributed by atoms with Crippen molar-refractivity contribution in [2.75, 3.05) is 5.32 Å². The van der Waals surface area contributed by atoms with Crippen molar-refractivity contribution >= 4 is 17.6 Å². The van der Waals surface area contributed by atoms with E-state index in [-0.39, 0.29) is 17.4 Å². The monoisotopic (exact) mass is 473 g/mol. The molecule has 1 atom stereocenters. The zero-order valence-corrected chi connectivity index (χ0v) is 19.7. The highest BCUT2D eigenvalue weighted by atomic mass is 16.5. The Morgan fingerprint density at radius 3 is 2.06 bits per heavy atom. The van der Waals surface area contributed by atoms with E-state index in [0.29, 0.717) is 11.3 Å². The number of carbonyl (C=O) groups excluding carboxylic acids is 1. The first kappa shape index (κ1) is 24.3. The highest BCUT2D eigenvalue weighted by molar-refractivity contribution is 6.02. The molecule has 2 N–H and O–H groups in total. The molecule has 1 fully saturated rings. The summed E-state index contributed by atoms with van der Waals surface area (Å²) in [5.74, 6) is -0.262. The molecule has 1 saturated carbocycles. The predicted molar refractivity (Wildman–Crippen MR) is 135 cm³/mol. The van der Waals surface area contributed by atoms with Crippen LogP contribution in [0.25, 0.3) is 0 Å². The molecule has 4 rings (SSSR count). The van der Waals surface area contributed by atoms with E-state index >= 15 is 0 Å². The summed E-state index contributed by atoms with van der Waals surface area (Å²) >= 11 is 0. The van der Waals surface area contributed by atoms with Crippen molar-refractivity contribution in [3.63, 3.8) is 0 Å². The molecule has 182 valence electrons. The van der Waals surface area contributed by atoms with Gasteiger partial charge in [-0.15, -0.1) is 0 Å². The van der Waals surface area contributed by atoms with E-state index in [9.17, 15) is 14.7 Å². The van der Waals surface area contributed by atoms with Crippen LogP contribution in [0.15, 0.2) is 78.9 Å². The first-order valence-corrected chi connectivity index (χ1v) is 12.2. The van der Waals surface area contributed by atoms with Gasteiger partial charge in [0.15, 0.2) is 0 Å². The van der Waals surface area contributed by atoms with Gasteiger partial charge < -0.3 is 19.9 Å². The first-order chi connectivity index (χ1) is 17.1. The molecule has 0 aromatic heterocycles. The molecule has 1 amide bonds. The summed E-state index contributed by atoms with van der Waals surface area (Å²) in [4.78, 5) is 24.8. The van der Waals surface area contributed by atoms with Gasteiger partial charge in [-0.25, -0.2) is 4.79 Å². The number of hydrogen-bond donors (Lipinski definition) is 2. The van der Waals surface area contributed by atoms with E-state index in [4.69, 9.17) is 9.47 Å². The smallest absolute Gasteiger partial charge is 0.337 e. The summed E-state index contributed by atoms with van der Waals surface area (Å²) in [5.41, 5.74) is 0.897. The lowest BCUT2D eigenvalue weighted by atomic mass is 9.98. The molecule has 1 aliphatic rings. The quantitative estimate of drug-likeness (QED) is 0.383. The number of benzene rings is 3. The maximum absolute atomic E-state index is 13.2. The van der Waals surface area contributed by atoms with Crippen molar-refractivity contribution in [3.8, 4) is 11.5 Å². The van der Waals surface area contributed by atoms with Crippen LogP contribution in [0, 0.1) is 0 Å². The third-order valence-electron chi connectivity index (χ3n) is 6.19. The molecule has 0 radical (unpaired) electrons. The minimum atomic E-state index is -1.11. The number of aromatic carboxylic acids is 1. The molecule has 1 aliphatic carbocycles. The number of para-hydroxylation sites is 1. The van der Waals surface area contributed by atoms with Crippen molar-refractivity contribution in [1.29, 1.82) is 0 Å². The molecule has 0 spiro atoms. The van der Waals surface area contributed by atoms with Crippen molar-refractivity contribution in [2.24, 2.45) is 0 Å². The van der Waals surface area contributed by atoms with E-state index in [1.165, 1.54) is 38.2 Å². The van der Waals surface area contributed by atoms with Crippen molar-refractivity contribution < 1.29 is 24.2 Å². The Morgan fingerprint density at radius 2 is 1.37 bits per heavy atom. The van der Waals surface area contributed by atoms with Crippen LogP contribution in [-0.2, 0) is 4.79 Å². The molecule has 1 unspecified atom stereocenters. The number of rotatable bonds is 8. The number of hydrogen-bond acceptors (Lipinski definition) is 4. The molecule has 35 heavy (non-hydrogen) atoms. The van der Waals surface area contributed by atoms with E-state index < -0.39 is 18.0 Å². The Morgan fingerprint density at radius 1 is 0.771 bits per heavy atom. The van der Waals surface area contributed by atoms with Gasteiger partial charge in [-0.05, 0) is 62.1 Å². The van der Waals surface area contributed by atoms with E-state index in [1.807, 2.05) is 30.3 Å². The van der Waals surface area contributed by atoms with E-state index in [2.05, 4.69) is 5.32 Å². The highest BCUT2D eigenvalue weighted by Gasteiger charge is 2.24. The fourth-order valence-corrected chi connectivity index (χ4v) is 4.34. The molecular formula is C29H31NO5. The van der Waals surface area contributed by atoms with E-state index in [1.54, 1.807) is 42.5 Å². The summed E-state index contributed by atoms with van der Waals surface area (Å²) in [7, 11) is 0. The van der Waals surface area contributed by atoms with Crippen LogP contribution in [0.3, 0.4) is 0 Å². The minimum absolute atomic E-state index is 0.0170. The van der Waals surface area contributed by atoms with E-state index in [0.717, 1.165) is 18.6 Å². The van der Waals surface area contributed by atoms with Gasteiger partial charge in [0.2, 0.25) is 6.10 Å². The zero-order chi connectivity index (χ0) is 24.5. The second-order valence-corrected chi connectivity index (χ2v) is 8.80. The van der Waals surface area contributed by atoms with Crippen LogP contribution in [0.2, 0.25) is 0 Å². The van der Waals surface area contributed by atoms with Crippen LogP contribution in [0.1, 0.15) is 67.0 Å². The van der Waals surface area contributed by atoms with Gasteiger partial charge in [0.25, 0.3) is 5.91 Å². The zero-order valence-electron chi connectivity index (χ0n) is 19.7. The van der Waals surface area contributed by atoms with Crippen molar-refractivity contribution in [2.45, 2.75) is 57.2 Å². The molecule has 0 heterocycles. The third-order valence-corrected chi connectivity index (χ3v) is 6.19. The van der Waals surface area contributed by atoms with Crippen LogP contribution in [0.5, 0.6) is 11.5 Å². The molecular weight excluding hydrogens is 442 g/mol. The first-order valence-electron chi connectivity index (χ1n) is 12.2. The topological polar surface area (TPSA) is 84.9 Å². The summed E-state index contributed by atoms with van der Waals surface area (Å²) in [5, 5.41) is 12.2. The normalized spacial score (nSPS) is 15.3. The number of amides is 1. The van der Waals surface area contributed by atoms with Crippen LogP contribution in [0.4, 0.5) is 5.69 Å². The minimum Gasteiger partial charge on any atom is -0.490 e. The average molecular weight is 474 g/mol. The number of carboxylic acids is 1. The largest absolute Gasteiger partial charge is 0.490 e. The van der Waals surface area contributed by atoms with Crippen LogP contribution in [-0.4, -0.2) is 23.1 Å². The number of carboxylic acid groups (broad SMARTS) is 1. The Kier molecular flexibility index (Phi) is 8.39. The third kappa shape index (κ3) is 6.85. The Labute approximate surface area is 205 Å². The van der Waals surface area contributed by atoms with Gasteiger partial charge >= 0.3 is 5.97 Å². The molecule has 6 heteroatoms. The van der Waals surface area contributed by atoms with Crippen LogP contribution < -0.4 is 14.8 Å². The molecule has 0 bridgehead atoms. The number of nitrogens with one attached hydrogen (secondary N) is 1. The van der Waals surface area contributed by atoms with Gasteiger partial charge in [-0.2, -0.15) is 0 Å². The molecule has 0 saturated heterocycles. The fourth-order valence-electron chi connectivity index (χ4n) is 4.34. The molecule has 6 nitrogen and oxygen atoms in total. The van der Waals surface area contributed by atoms with Gasteiger partial charge in [-0.3, -0.25) is 4.79 Å². The Balaban J connectivity index is 1.48. The van der Waals surface area contributed by atoms with Gasteiger partial charge in [0.1, 0.15) is 11.5 Å². The Bertz CT molecular complexity index is 1110. The summed E-state index contributed by atoms with van der Waals surface area (Å²) in [6.07, 6.45) is 7.68. The lowest BCUT2D eigenvalue weighted by Crippen LogP contribution is -2.26. The average Bonchev–Trinajstić information content (AvgIpc) is 2.85. The lowest BCUT2D eigenvalue weighted by molar-refractivity contribution is -0.123. The molecule has 3 aromatic rings. The summed E-state index contributed by atoms with van der Waals surface area (Å²) in [6.45, 7) is 0. The summed E-state index contributed by atoms with van der Waals surface area (Å²) < 4.78 is 12.3. The van der Waals surface area contributed by atoms with Gasteiger partial charge in [-0.1, -0.05) is 61.7 Å². The maximum atomic E-state index is 13.2. The van der Waals surface area contributed by atoms with Crippen LogP contribution >= 0.6 is 0 Å². The second-order valence-electron chi connectivity index (χ2n) is 8.80. The molecule has 3 aromatic carbocycles. The summed E-state index contributed by atoms with van der Waals surface area (Å²) in [6, 6.07) is 22.8. The highest BCUT2D eigenvalue weighted by Crippen LogP contribution is 2.28. The molecule has 0 aliphatic heterocycles. The Hall–Kier alpha value is -3.80. The SMILES string of the molecule is O=C(O)c1ccccc1NC(=O)C(Oc1ccc(OC2CCCCCCC2)cc1)c1ccccc1. The van der Waals surface area contributed by atoms with Gasteiger partial charge in [0.05, 0.1) is 17.4 Å². The number of anilines is 1. The standard InChI is InChI=1S/C29H31NO5/c31-28(30-26-16-10-9-15-25(26)29(32)33)27(21-11-5-4-6-12-21)35-24-19-17-23(18-20-24)34-22-13-7-2-1-3-8-14-22/h4-6,9-12,15-20,22,27H,1-3,7-8,13-14H2,(H,30,31)(H,32,33). The predicted octanol–water partition coefficient (Wildman–Crippen LogP) is 6.64. The second kappa shape index (κ2) is 12.1. The number of carbonyl (C=O) groups is 2. The number of ether oxygens (including phenoxy) is 2. The fraction of sp³-hybridized carbons (Fsp3) is 0.310.